The fourth-order valence-corrected chi connectivity index (χ4v) is 5.90. The van der Waals surface area contributed by atoms with Gasteiger partial charge in [-0.2, -0.15) is 0 Å². The topological polar surface area (TPSA) is 186 Å². The van der Waals surface area contributed by atoms with Gasteiger partial charge < -0.3 is 50.0 Å². The van der Waals surface area contributed by atoms with Crippen LogP contribution in [-0.2, 0) is 17.8 Å². The first-order valence-corrected chi connectivity index (χ1v) is 12.6. The second kappa shape index (κ2) is 8.19. The SMILES string of the molecule is O=C1c2c(O)cc(O)cc2O[C@@]12c1c(cc(O)c3c1O[C@H](c1ccc(O)cc1)[C@H](O)C3)O[C@@]2(O)c1ccc(O)cc1. The Bertz CT molecular complexity index is 1750. The maximum Gasteiger partial charge on any atom is 0.287 e. The molecular weight excluding hydrogens is 536 g/mol. The van der Waals surface area contributed by atoms with E-state index in [0.717, 1.165) is 12.1 Å². The molecule has 1 spiro atoms. The maximum absolute atomic E-state index is 14.3. The Kier molecular flexibility index (Phi) is 4.97. The number of benzene rings is 4. The molecule has 4 atom stereocenters. The molecule has 0 amide bonds. The van der Waals surface area contributed by atoms with Crippen molar-refractivity contribution >= 4 is 5.78 Å². The van der Waals surface area contributed by atoms with E-state index in [1.54, 1.807) is 12.1 Å². The summed E-state index contributed by atoms with van der Waals surface area (Å²) in [6, 6.07) is 14.3. The van der Waals surface area contributed by atoms with Crippen LogP contribution in [0.15, 0.2) is 66.7 Å². The van der Waals surface area contributed by atoms with Gasteiger partial charge >= 0.3 is 0 Å². The molecule has 41 heavy (non-hydrogen) atoms. The van der Waals surface area contributed by atoms with Crippen LogP contribution in [0.25, 0.3) is 0 Å². The summed E-state index contributed by atoms with van der Waals surface area (Å²) in [5, 5.41) is 74.6. The number of carbonyl (C=O) groups excluding carboxylic acids is 1. The average molecular weight is 558 g/mol. The molecule has 0 radical (unpaired) electrons. The van der Waals surface area contributed by atoms with Gasteiger partial charge in [0.05, 0.1) is 11.7 Å². The molecule has 0 aromatic heterocycles. The molecule has 0 unspecified atom stereocenters. The van der Waals surface area contributed by atoms with Gasteiger partial charge in [0.2, 0.25) is 5.78 Å². The number of phenols is 5. The monoisotopic (exact) mass is 558 g/mol. The third-order valence-corrected chi connectivity index (χ3v) is 7.78. The molecule has 4 aromatic rings. The van der Waals surface area contributed by atoms with E-state index in [1.807, 2.05) is 0 Å². The number of rotatable bonds is 2. The number of fused-ring (bicyclic) bond motifs is 5. The van der Waals surface area contributed by atoms with E-state index in [9.17, 15) is 40.5 Å². The lowest BCUT2D eigenvalue weighted by Gasteiger charge is -2.37. The molecule has 0 bridgehead atoms. The summed E-state index contributed by atoms with van der Waals surface area (Å²) >= 11 is 0. The number of hydrogen-bond acceptors (Lipinski definition) is 11. The van der Waals surface area contributed by atoms with Crippen molar-refractivity contribution in [2.75, 3.05) is 0 Å². The van der Waals surface area contributed by atoms with E-state index in [2.05, 4.69) is 0 Å². The van der Waals surface area contributed by atoms with Crippen molar-refractivity contribution < 1.29 is 54.8 Å². The molecule has 3 aliphatic rings. The van der Waals surface area contributed by atoms with Crippen LogP contribution in [0.4, 0.5) is 0 Å². The molecule has 3 aliphatic heterocycles. The van der Waals surface area contributed by atoms with Crippen molar-refractivity contribution in [1.29, 1.82) is 0 Å². The molecule has 208 valence electrons. The van der Waals surface area contributed by atoms with Gasteiger partial charge in [-0.3, -0.25) is 4.79 Å². The van der Waals surface area contributed by atoms with E-state index in [0.29, 0.717) is 5.56 Å². The molecule has 11 nitrogen and oxygen atoms in total. The summed E-state index contributed by atoms with van der Waals surface area (Å²) in [7, 11) is 0. The summed E-state index contributed by atoms with van der Waals surface area (Å²) in [6.45, 7) is 0. The fourth-order valence-electron chi connectivity index (χ4n) is 5.90. The van der Waals surface area contributed by atoms with Crippen LogP contribution in [0.5, 0.6) is 46.0 Å². The first kappa shape index (κ1) is 24.9. The highest BCUT2D eigenvalue weighted by Crippen LogP contribution is 2.64. The fraction of sp³-hybridized carbons (Fsp3) is 0.167. The maximum atomic E-state index is 14.3. The number of Topliss-reactive ketones (excluding diaryl/α,β-unsaturated/α-hetero) is 1. The largest absolute Gasteiger partial charge is 0.508 e. The Hall–Kier alpha value is -5.13. The second-order valence-electron chi connectivity index (χ2n) is 10.2. The number of aromatic hydroxyl groups is 5. The van der Waals surface area contributed by atoms with Crippen molar-refractivity contribution in [2.24, 2.45) is 0 Å². The Labute approximate surface area is 231 Å². The summed E-state index contributed by atoms with van der Waals surface area (Å²) < 4.78 is 18.5. The second-order valence-corrected chi connectivity index (χ2v) is 10.2. The zero-order valence-corrected chi connectivity index (χ0v) is 21.0. The minimum Gasteiger partial charge on any atom is -0.508 e. The normalized spacial score (nSPS) is 25.6. The number of aliphatic hydroxyl groups is 2. The summed E-state index contributed by atoms with van der Waals surface area (Å²) in [5.74, 6) is -5.55. The van der Waals surface area contributed by atoms with Crippen LogP contribution >= 0.6 is 0 Å². The van der Waals surface area contributed by atoms with Gasteiger partial charge in [0, 0.05) is 35.7 Å². The van der Waals surface area contributed by atoms with E-state index < -0.39 is 40.9 Å². The predicted molar refractivity (Wildman–Crippen MR) is 138 cm³/mol. The number of hydrogen-bond donors (Lipinski definition) is 7. The van der Waals surface area contributed by atoms with E-state index >= 15 is 0 Å². The number of aliphatic hydroxyl groups excluding tert-OH is 1. The third-order valence-electron chi connectivity index (χ3n) is 7.78. The first-order chi connectivity index (χ1) is 19.5. The molecule has 7 N–H and O–H groups in total. The van der Waals surface area contributed by atoms with Gasteiger partial charge in [-0.1, -0.05) is 12.1 Å². The smallest absolute Gasteiger partial charge is 0.287 e. The Morgan fingerprint density at radius 3 is 2.10 bits per heavy atom. The van der Waals surface area contributed by atoms with Gasteiger partial charge in [0.25, 0.3) is 11.4 Å². The van der Waals surface area contributed by atoms with Crippen molar-refractivity contribution in [3.05, 3.63) is 94.5 Å². The van der Waals surface area contributed by atoms with Crippen LogP contribution < -0.4 is 14.2 Å². The first-order valence-electron chi connectivity index (χ1n) is 12.6. The number of phenolic OH excluding ortho intramolecular Hbond substituents is 5. The standard InChI is InChI=1S/C30H22O11/c31-15-5-1-13(2-6-15)26-21(36)11-18-19(34)12-23-25(27(18)39-26)29(30(38,41-23)14-3-7-16(32)8-4-14)28(37)24-20(35)9-17(33)10-22(24)40-29/h1-10,12,21,26,31-36,38H,11H2/t21-,26-,29+,30+/m1/s1. The quantitative estimate of drug-likeness (QED) is 0.192. The average Bonchev–Trinajstić information content (AvgIpc) is 3.36. The molecule has 4 aromatic carbocycles. The van der Waals surface area contributed by atoms with Gasteiger partial charge in [0.15, 0.2) is 0 Å². The van der Waals surface area contributed by atoms with Crippen LogP contribution in [0, 0.1) is 0 Å². The van der Waals surface area contributed by atoms with E-state index in [4.69, 9.17) is 14.2 Å². The van der Waals surface area contributed by atoms with Crippen LogP contribution in [0.3, 0.4) is 0 Å². The summed E-state index contributed by atoms with van der Waals surface area (Å²) in [4.78, 5) is 14.3. The highest BCUT2D eigenvalue weighted by molar-refractivity contribution is 6.12. The van der Waals surface area contributed by atoms with E-state index in [1.165, 1.54) is 42.5 Å². The molecule has 0 aliphatic carbocycles. The van der Waals surface area contributed by atoms with Crippen molar-refractivity contribution in [2.45, 2.75) is 30.0 Å². The Morgan fingerprint density at radius 2 is 1.41 bits per heavy atom. The zero-order valence-electron chi connectivity index (χ0n) is 21.0. The third kappa shape index (κ3) is 3.24. The molecule has 7 rings (SSSR count). The lowest BCUT2D eigenvalue weighted by Crippen LogP contribution is -2.55. The Morgan fingerprint density at radius 1 is 0.756 bits per heavy atom. The molecule has 11 heteroatoms. The molecule has 0 saturated heterocycles. The van der Waals surface area contributed by atoms with Gasteiger partial charge in [-0.25, -0.2) is 0 Å². The van der Waals surface area contributed by atoms with Gasteiger partial charge in [-0.05, 0) is 42.0 Å². The predicted octanol–water partition coefficient (Wildman–Crippen LogP) is 2.96. The highest BCUT2D eigenvalue weighted by Gasteiger charge is 2.73. The number of ether oxygens (including phenoxy) is 3. The minimum atomic E-state index is -2.63. The van der Waals surface area contributed by atoms with Crippen LogP contribution in [0.1, 0.15) is 38.7 Å². The van der Waals surface area contributed by atoms with E-state index in [-0.39, 0.29) is 63.2 Å². The van der Waals surface area contributed by atoms with Gasteiger partial charge in [0.1, 0.15) is 57.7 Å². The number of carbonyl (C=O) groups is 1. The van der Waals surface area contributed by atoms with Crippen molar-refractivity contribution in [3.8, 4) is 46.0 Å². The molecule has 3 heterocycles. The number of ketones is 1. The van der Waals surface area contributed by atoms with Gasteiger partial charge in [-0.15, -0.1) is 0 Å². The summed E-state index contributed by atoms with van der Waals surface area (Å²) in [5.41, 5.74) is -2.34. The summed E-state index contributed by atoms with van der Waals surface area (Å²) in [6.07, 6.45) is -2.30. The molecular formula is C30H22O11. The van der Waals surface area contributed by atoms with Crippen LogP contribution in [-0.4, -0.2) is 47.6 Å². The highest BCUT2D eigenvalue weighted by atomic mass is 16.7. The molecule has 0 saturated carbocycles. The van der Waals surface area contributed by atoms with Crippen molar-refractivity contribution in [1.82, 2.24) is 0 Å². The zero-order chi connectivity index (χ0) is 28.8. The Balaban J connectivity index is 1.50. The van der Waals surface area contributed by atoms with Crippen LogP contribution in [0.2, 0.25) is 0 Å². The minimum absolute atomic E-state index is 0.00456. The van der Waals surface area contributed by atoms with Crippen molar-refractivity contribution in [3.63, 3.8) is 0 Å². The lowest BCUT2D eigenvalue weighted by molar-refractivity contribution is -0.218. The lowest BCUT2D eigenvalue weighted by atomic mass is 9.77. The molecule has 0 fully saturated rings.